The van der Waals surface area contributed by atoms with Gasteiger partial charge in [0, 0.05) is 23.9 Å². The Hall–Kier alpha value is -3.18. The molecule has 1 aliphatic heterocycles. The Kier molecular flexibility index (Phi) is 5.58. The number of amides is 1. The number of hydrogen-bond acceptors (Lipinski definition) is 7. The summed E-state index contributed by atoms with van der Waals surface area (Å²) in [5, 5.41) is 2.46. The lowest BCUT2D eigenvalue weighted by Gasteiger charge is -2.33. The van der Waals surface area contributed by atoms with Crippen LogP contribution in [0.3, 0.4) is 0 Å². The summed E-state index contributed by atoms with van der Waals surface area (Å²) in [7, 11) is -1.37. The molecule has 11 heteroatoms. The number of carbonyl (C=O) groups excluding carboxylic acids is 1. The number of methoxy groups -OCH3 is 2. The second-order valence-electron chi connectivity index (χ2n) is 6.68. The summed E-state index contributed by atoms with van der Waals surface area (Å²) >= 11 is 0. The molecule has 0 radical (unpaired) electrons. The Morgan fingerprint density at radius 3 is 2.94 bits per heavy atom. The highest BCUT2D eigenvalue weighted by Crippen LogP contribution is 2.38. The van der Waals surface area contributed by atoms with Crippen molar-refractivity contribution in [3.05, 3.63) is 53.1 Å². The molecule has 1 unspecified atom stereocenters. The van der Waals surface area contributed by atoms with E-state index in [0.29, 0.717) is 0 Å². The molecular weight excluding hydrogens is 417 g/mol. The Morgan fingerprint density at radius 2 is 2.26 bits per heavy atom. The monoisotopic (exact) mass is 441 g/mol. The molecule has 166 valence electrons. The molecular formula is C20H21F3N4O4. The summed E-state index contributed by atoms with van der Waals surface area (Å²) < 4.78 is 79.0. The fourth-order valence-electron chi connectivity index (χ4n) is 3.14. The molecule has 3 rings (SSSR count). The summed E-state index contributed by atoms with van der Waals surface area (Å²) in [5.41, 5.74) is 2.72. The summed E-state index contributed by atoms with van der Waals surface area (Å²) in [5.74, 6) is -2.09. The van der Waals surface area contributed by atoms with Gasteiger partial charge in [-0.2, -0.15) is 0 Å². The highest BCUT2D eigenvalue weighted by molar-refractivity contribution is 6.04. The van der Waals surface area contributed by atoms with Gasteiger partial charge in [0.15, 0.2) is 5.54 Å². The Bertz CT molecular complexity index is 1100. The minimum absolute atomic E-state index is 0.0197. The Labute approximate surface area is 180 Å². The van der Waals surface area contributed by atoms with Crippen molar-refractivity contribution in [1.29, 1.82) is 0 Å². The summed E-state index contributed by atoms with van der Waals surface area (Å²) in [6.45, 7) is -0.880. The molecule has 3 N–H and O–H groups in total. The van der Waals surface area contributed by atoms with Crippen LogP contribution < -0.4 is 15.8 Å². The third kappa shape index (κ3) is 4.62. The molecule has 1 atom stereocenters. The zero-order valence-corrected chi connectivity index (χ0v) is 16.3. The molecule has 0 saturated heterocycles. The molecule has 31 heavy (non-hydrogen) atoms. The lowest BCUT2D eigenvalue weighted by atomic mass is 9.90. The Balaban J connectivity index is 1.93. The summed E-state index contributed by atoms with van der Waals surface area (Å²) in [4.78, 5) is 20.6. The average Bonchev–Trinajstić information content (AvgIpc) is 2.74. The maximum atomic E-state index is 14.6. The van der Waals surface area contributed by atoms with Crippen molar-refractivity contribution in [3.8, 4) is 5.75 Å². The second-order valence-corrected chi connectivity index (χ2v) is 6.68. The van der Waals surface area contributed by atoms with E-state index >= 15 is 0 Å². The molecule has 0 fully saturated rings. The Morgan fingerprint density at radius 1 is 1.45 bits per heavy atom. The molecule has 8 nitrogen and oxygen atoms in total. The number of aromatic nitrogens is 1. The van der Waals surface area contributed by atoms with E-state index in [1.807, 2.05) is 0 Å². The number of carbonyl (C=O) groups is 1. The number of aliphatic imine (C=N–C) groups is 1. The van der Waals surface area contributed by atoms with Crippen LogP contribution in [0.5, 0.6) is 5.75 Å². The van der Waals surface area contributed by atoms with Gasteiger partial charge in [0.05, 0.1) is 30.6 Å². The van der Waals surface area contributed by atoms with Crippen molar-refractivity contribution in [3.63, 3.8) is 0 Å². The molecule has 1 aromatic heterocycles. The van der Waals surface area contributed by atoms with E-state index in [0.717, 1.165) is 18.3 Å². The van der Waals surface area contributed by atoms with Gasteiger partial charge in [-0.1, -0.05) is 0 Å². The zero-order valence-electron chi connectivity index (χ0n) is 19.3. The van der Waals surface area contributed by atoms with Crippen molar-refractivity contribution >= 4 is 17.4 Å². The number of halogens is 3. The molecule has 2 aromatic rings. The zero-order chi connectivity index (χ0) is 25.1. The van der Waals surface area contributed by atoms with Crippen LogP contribution in [0.15, 0.2) is 35.5 Å². The van der Waals surface area contributed by atoms with Crippen LogP contribution >= 0.6 is 0 Å². The van der Waals surface area contributed by atoms with Crippen molar-refractivity contribution in [2.75, 3.05) is 32.7 Å². The van der Waals surface area contributed by atoms with Crippen molar-refractivity contribution < 1.29 is 36.3 Å². The van der Waals surface area contributed by atoms with Crippen molar-refractivity contribution in [2.45, 2.75) is 18.6 Å². The first-order valence-electron chi connectivity index (χ1n) is 10.4. The number of benzene rings is 1. The first-order valence-corrected chi connectivity index (χ1v) is 8.93. The van der Waals surface area contributed by atoms with E-state index in [-0.39, 0.29) is 41.7 Å². The largest absolute Gasteiger partial charge is 0.495 e. The third-order valence-corrected chi connectivity index (χ3v) is 4.54. The maximum Gasteiger partial charge on any atom is 0.274 e. The van der Waals surface area contributed by atoms with E-state index in [2.05, 4.69) is 15.3 Å². The minimum Gasteiger partial charge on any atom is -0.495 e. The molecule has 0 spiro atoms. The number of anilines is 1. The summed E-state index contributed by atoms with van der Waals surface area (Å²) in [6, 6.07) is 4.38. The van der Waals surface area contributed by atoms with Gasteiger partial charge < -0.3 is 25.3 Å². The molecule has 1 aromatic carbocycles. The van der Waals surface area contributed by atoms with E-state index in [1.165, 1.54) is 19.2 Å². The first-order chi connectivity index (χ1) is 15.9. The topological polar surface area (TPSA) is 108 Å². The fourth-order valence-corrected chi connectivity index (χ4v) is 3.14. The van der Waals surface area contributed by atoms with E-state index < -0.39 is 42.9 Å². The van der Waals surface area contributed by atoms with Gasteiger partial charge in [0.1, 0.15) is 29.7 Å². The second kappa shape index (κ2) is 9.31. The van der Waals surface area contributed by atoms with Gasteiger partial charge in [-0.05, 0) is 24.3 Å². The van der Waals surface area contributed by atoms with Crippen LogP contribution in [-0.4, -0.2) is 50.5 Å². The number of amidine groups is 1. The molecule has 2 heterocycles. The number of rotatable bonds is 7. The highest BCUT2D eigenvalue weighted by atomic mass is 19.3. The van der Waals surface area contributed by atoms with E-state index in [1.54, 1.807) is 0 Å². The van der Waals surface area contributed by atoms with Crippen LogP contribution in [0.1, 0.15) is 25.7 Å². The van der Waals surface area contributed by atoms with Gasteiger partial charge >= 0.3 is 0 Å². The number of hydrogen-bond donors (Lipinski definition) is 2. The van der Waals surface area contributed by atoms with Crippen molar-refractivity contribution in [1.82, 2.24) is 4.98 Å². The lowest BCUT2D eigenvalue weighted by molar-refractivity contribution is -0.0145. The molecule has 0 aliphatic carbocycles. The van der Waals surface area contributed by atoms with Crippen LogP contribution in [0.25, 0.3) is 0 Å². The maximum absolute atomic E-state index is 14.6. The molecule has 0 saturated carbocycles. The van der Waals surface area contributed by atoms with Gasteiger partial charge in [0.25, 0.3) is 12.3 Å². The predicted molar refractivity (Wildman–Crippen MR) is 106 cm³/mol. The van der Waals surface area contributed by atoms with Crippen LogP contribution in [0.4, 0.5) is 18.9 Å². The number of pyridine rings is 1. The number of nitrogens with one attached hydrogen (secondary N) is 1. The lowest BCUT2D eigenvalue weighted by Crippen LogP contribution is -2.45. The number of nitrogens with two attached hydrogens (primary N) is 1. The first kappa shape index (κ1) is 18.6. The van der Waals surface area contributed by atoms with Crippen molar-refractivity contribution in [2.24, 2.45) is 10.7 Å². The van der Waals surface area contributed by atoms with E-state index in [9.17, 15) is 18.0 Å². The molecule has 0 bridgehead atoms. The predicted octanol–water partition coefficient (Wildman–Crippen LogP) is 2.48. The average molecular weight is 441 g/mol. The number of alkyl halides is 2. The molecule has 1 aliphatic rings. The quantitative estimate of drug-likeness (QED) is 0.684. The van der Waals surface area contributed by atoms with Crippen LogP contribution in [0.2, 0.25) is 0 Å². The smallest absolute Gasteiger partial charge is 0.274 e. The van der Waals surface area contributed by atoms with Gasteiger partial charge in [-0.3, -0.25) is 9.79 Å². The number of nitrogens with zero attached hydrogens (tertiary/aromatic N) is 2. The van der Waals surface area contributed by atoms with Gasteiger partial charge in [-0.15, -0.1) is 0 Å². The van der Waals surface area contributed by atoms with Gasteiger partial charge in [0.2, 0.25) is 0 Å². The van der Waals surface area contributed by atoms with E-state index in [4.69, 9.17) is 24.1 Å². The standard InChI is InChI=1S/C20H21F3N4O4/c1-29-8-11-5-13(30-2)7-25-17(11)18(28)26-12-3-4-15(21)14(6-12)20(19(22)23)10-31-9-16(24)27-20/h3-7,19H,8-10H2,1-2H3,(H2,24,27)(H,26,28)/i2D3. The fraction of sp³-hybridized carbons (Fsp3) is 0.350. The third-order valence-electron chi connectivity index (χ3n) is 4.54. The summed E-state index contributed by atoms with van der Waals surface area (Å²) in [6.07, 6.45) is -2.10. The van der Waals surface area contributed by atoms with Crippen LogP contribution in [0, 0.1) is 5.82 Å². The molecule has 1 amide bonds. The minimum atomic E-state index is -3.15. The highest BCUT2D eigenvalue weighted by Gasteiger charge is 2.46. The SMILES string of the molecule is [2H]C([2H])([2H])Oc1cnc(C(=O)Nc2ccc(F)c(C3(C(F)F)COCC(N)=N3)c2)c(COC)c1. The normalized spacial score (nSPS) is 20.4. The van der Waals surface area contributed by atoms with Crippen LogP contribution in [-0.2, 0) is 21.6 Å². The van der Waals surface area contributed by atoms with Gasteiger partial charge in [-0.25, -0.2) is 18.2 Å². The number of ether oxygens (including phenoxy) is 3.